The molecule has 1 aliphatic heterocycles. The van der Waals surface area contributed by atoms with E-state index in [0.29, 0.717) is 24.2 Å². The quantitative estimate of drug-likeness (QED) is 0.927. The van der Waals surface area contributed by atoms with Gasteiger partial charge in [-0.2, -0.15) is 4.98 Å². The molecule has 20 heavy (non-hydrogen) atoms. The molecule has 5 nitrogen and oxygen atoms in total. The molecule has 2 unspecified atom stereocenters. The maximum Gasteiger partial charge on any atom is 0.234 e. The number of fused-ring (bicyclic) bond motifs is 1. The Kier molecular flexibility index (Phi) is 2.73. The lowest BCUT2D eigenvalue weighted by Gasteiger charge is -2.22. The second-order valence-electron chi connectivity index (χ2n) is 5.58. The predicted octanol–water partition coefficient (Wildman–Crippen LogP) is 2.39. The van der Waals surface area contributed by atoms with E-state index < -0.39 is 0 Å². The molecule has 1 aliphatic carbocycles. The molecule has 1 saturated carbocycles. The molecular formula is C15H17N3O2. The molecule has 1 aromatic heterocycles. The lowest BCUT2D eigenvalue weighted by Crippen LogP contribution is -2.16. The number of hydrogen-bond acceptors (Lipinski definition) is 5. The number of hydrogen-bond donors (Lipinski definition) is 1. The summed E-state index contributed by atoms with van der Waals surface area (Å²) in [4.78, 5) is 4.54. The van der Waals surface area contributed by atoms with Crippen molar-refractivity contribution in [2.24, 2.45) is 11.7 Å². The Morgan fingerprint density at radius 3 is 2.90 bits per heavy atom. The Balaban J connectivity index is 1.65. The van der Waals surface area contributed by atoms with Crippen LogP contribution in [0, 0.1) is 5.92 Å². The van der Waals surface area contributed by atoms with E-state index in [-0.39, 0.29) is 12.0 Å². The third-order valence-electron chi connectivity index (χ3n) is 4.14. The van der Waals surface area contributed by atoms with Gasteiger partial charge >= 0.3 is 0 Å². The number of benzene rings is 1. The molecule has 0 saturated heterocycles. The van der Waals surface area contributed by atoms with Crippen molar-refractivity contribution >= 4 is 0 Å². The zero-order valence-corrected chi connectivity index (χ0v) is 11.2. The number of nitrogens with two attached hydrogens (primary N) is 1. The van der Waals surface area contributed by atoms with Crippen molar-refractivity contribution in [3.63, 3.8) is 0 Å². The van der Waals surface area contributed by atoms with E-state index in [2.05, 4.69) is 16.2 Å². The van der Waals surface area contributed by atoms with Crippen molar-refractivity contribution in [3.05, 3.63) is 41.5 Å². The molecule has 104 valence electrons. The molecule has 0 amide bonds. The van der Waals surface area contributed by atoms with Crippen LogP contribution in [0.1, 0.15) is 48.5 Å². The molecule has 2 aromatic rings. The third kappa shape index (κ3) is 1.98. The van der Waals surface area contributed by atoms with Crippen molar-refractivity contribution in [1.82, 2.24) is 10.1 Å². The van der Waals surface area contributed by atoms with Gasteiger partial charge in [-0.15, -0.1) is 0 Å². The van der Waals surface area contributed by atoms with Gasteiger partial charge in [0, 0.05) is 5.56 Å². The van der Waals surface area contributed by atoms with Gasteiger partial charge in [-0.25, -0.2) is 0 Å². The van der Waals surface area contributed by atoms with Gasteiger partial charge in [0.25, 0.3) is 0 Å². The summed E-state index contributed by atoms with van der Waals surface area (Å²) in [6, 6.07) is 7.94. The number of aromatic nitrogens is 2. The second kappa shape index (κ2) is 4.59. The van der Waals surface area contributed by atoms with Crippen molar-refractivity contribution in [1.29, 1.82) is 0 Å². The maximum absolute atomic E-state index is 6.13. The summed E-state index contributed by atoms with van der Waals surface area (Å²) < 4.78 is 11.1. The molecule has 2 atom stereocenters. The lowest BCUT2D eigenvalue weighted by atomic mass is 9.93. The number of ether oxygens (including phenoxy) is 1. The van der Waals surface area contributed by atoms with E-state index in [9.17, 15) is 0 Å². The molecule has 2 heterocycles. The van der Waals surface area contributed by atoms with Gasteiger partial charge in [0.05, 0.1) is 18.6 Å². The Morgan fingerprint density at radius 1 is 1.20 bits per heavy atom. The van der Waals surface area contributed by atoms with Gasteiger partial charge in [0.2, 0.25) is 5.89 Å². The van der Waals surface area contributed by atoms with Crippen LogP contribution in [-0.2, 0) is 0 Å². The molecule has 0 radical (unpaired) electrons. The summed E-state index contributed by atoms with van der Waals surface area (Å²) in [5.41, 5.74) is 7.25. The smallest absolute Gasteiger partial charge is 0.234 e. The van der Waals surface area contributed by atoms with E-state index in [1.54, 1.807) is 0 Å². The fraction of sp³-hybridized carbons (Fsp3) is 0.467. The lowest BCUT2D eigenvalue weighted by molar-refractivity contribution is 0.256. The van der Waals surface area contributed by atoms with E-state index in [4.69, 9.17) is 15.0 Å². The molecule has 4 rings (SSSR count). The summed E-state index contributed by atoms with van der Waals surface area (Å²) in [7, 11) is 0. The highest BCUT2D eigenvalue weighted by molar-refractivity contribution is 5.40. The number of nitrogens with zero attached hydrogens (tertiary/aromatic N) is 2. The first-order valence-electron chi connectivity index (χ1n) is 7.14. The van der Waals surface area contributed by atoms with Gasteiger partial charge < -0.3 is 15.0 Å². The Bertz CT molecular complexity index is 621. The maximum atomic E-state index is 6.13. The monoisotopic (exact) mass is 271 g/mol. The normalized spacial score (nSPS) is 22.9. The first-order valence-corrected chi connectivity index (χ1v) is 7.14. The molecular weight excluding hydrogens is 254 g/mol. The average molecular weight is 271 g/mol. The van der Waals surface area contributed by atoms with Gasteiger partial charge in [-0.1, -0.05) is 23.4 Å². The average Bonchev–Trinajstić information content (AvgIpc) is 3.23. The summed E-state index contributed by atoms with van der Waals surface area (Å²) in [6.45, 7) is 0.675. The molecule has 2 aliphatic rings. The molecule has 0 bridgehead atoms. The van der Waals surface area contributed by atoms with E-state index in [1.807, 2.05) is 18.2 Å². The fourth-order valence-electron chi connectivity index (χ4n) is 2.79. The van der Waals surface area contributed by atoms with Crippen LogP contribution in [0.4, 0.5) is 0 Å². The minimum absolute atomic E-state index is 0.0809. The zero-order valence-electron chi connectivity index (χ0n) is 11.2. The van der Waals surface area contributed by atoms with E-state index >= 15 is 0 Å². The standard InChI is InChI=1S/C15H17N3O2/c16-13(9-5-6-9)14-17-15(20-18-14)11-7-8-19-12-4-2-1-3-10(11)12/h1-4,9,11,13H,5-8,16H2. The molecule has 1 fully saturated rings. The second-order valence-corrected chi connectivity index (χ2v) is 5.58. The van der Waals surface area contributed by atoms with Crippen LogP contribution in [0.15, 0.2) is 28.8 Å². The van der Waals surface area contributed by atoms with Crippen LogP contribution >= 0.6 is 0 Å². The SMILES string of the molecule is NC(c1noc(C2CCOc3ccccc32)n1)C1CC1. The summed E-state index contributed by atoms with van der Waals surface area (Å²) in [5, 5.41) is 4.07. The first kappa shape index (κ1) is 11.9. The molecule has 1 aromatic carbocycles. The van der Waals surface area contributed by atoms with Crippen LogP contribution in [0.3, 0.4) is 0 Å². The van der Waals surface area contributed by atoms with Gasteiger partial charge in [-0.05, 0) is 31.2 Å². The number of para-hydroxylation sites is 1. The Morgan fingerprint density at radius 2 is 2.05 bits per heavy atom. The van der Waals surface area contributed by atoms with Crippen LogP contribution in [0.25, 0.3) is 0 Å². The topological polar surface area (TPSA) is 74.2 Å². The largest absolute Gasteiger partial charge is 0.493 e. The van der Waals surface area contributed by atoms with Gasteiger partial charge in [0.1, 0.15) is 5.75 Å². The predicted molar refractivity (Wildman–Crippen MR) is 72.3 cm³/mol. The molecule has 5 heteroatoms. The van der Waals surface area contributed by atoms with Crippen LogP contribution in [0.2, 0.25) is 0 Å². The Labute approximate surface area is 117 Å². The fourth-order valence-corrected chi connectivity index (χ4v) is 2.79. The van der Waals surface area contributed by atoms with Crippen molar-refractivity contribution in [2.45, 2.75) is 31.2 Å². The van der Waals surface area contributed by atoms with Crippen molar-refractivity contribution < 1.29 is 9.26 Å². The number of rotatable bonds is 3. The molecule has 2 N–H and O–H groups in total. The third-order valence-corrected chi connectivity index (χ3v) is 4.14. The van der Waals surface area contributed by atoms with Crippen LogP contribution < -0.4 is 10.5 Å². The highest BCUT2D eigenvalue weighted by atomic mass is 16.5. The van der Waals surface area contributed by atoms with E-state index in [0.717, 1.165) is 17.7 Å². The van der Waals surface area contributed by atoms with Crippen molar-refractivity contribution in [3.8, 4) is 5.75 Å². The highest BCUT2D eigenvalue weighted by Crippen LogP contribution is 2.40. The van der Waals surface area contributed by atoms with Gasteiger partial charge in [-0.3, -0.25) is 0 Å². The first-order chi connectivity index (χ1) is 9.83. The summed E-state index contributed by atoms with van der Waals surface area (Å²) >= 11 is 0. The minimum atomic E-state index is -0.0809. The van der Waals surface area contributed by atoms with Crippen LogP contribution in [-0.4, -0.2) is 16.7 Å². The Hall–Kier alpha value is -1.88. The van der Waals surface area contributed by atoms with Gasteiger partial charge in [0.15, 0.2) is 5.82 Å². The minimum Gasteiger partial charge on any atom is -0.493 e. The highest BCUT2D eigenvalue weighted by Gasteiger charge is 2.34. The van der Waals surface area contributed by atoms with Crippen molar-refractivity contribution in [2.75, 3.05) is 6.61 Å². The zero-order chi connectivity index (χ0) is 13.5. The summed E-state index contributed by atoms with van der Waals surface area (Å²) in [5.74, 6) is 2.86. The molecule has 0 spiro atoms. The van der Waals surface area contributed by atoms with E-state index in [1.165, 1.54) is 12.8 Å². The summed E-state index contributed by atoms with van der Waals surface area (Å²) in [6.07, 6.45) is 3.20. The van der Waals surface area contributed by atoms with Crippen LogP contribution in [0.5, 0.6) is 5.75 Å².